The smallest absolute Gasteiger partial charge is 0.141 e. The number of hydrogen-bond acceptors (Lipinski definition) is 4. The standard InChI is InChI=1S/C15H18F2N4/c16-12-2-4-14(19-8-12)10-21(7-1-6-18)11-15-5-3-13(17)9-20-15/h2-5,8-9H,1,6-7,10-11,18H2. The van der Waals surface area contributed by atoms with Gasteiger partial charge in [-0.3, -0.25) is 14.9 Å². The van der Waals surface area contributed by atoms with Crippen LogP contribution >= 0.6 is 0 Å². The Balaban J connectivity index is 2.02. The summed E-state index contributed by atoms with van der Waals surface area (Å²) in [4.78, 5) is 10.2. The van der Waals surface area contributed by atoms with Gasteiger partial charge in [0.15, 0.2) is 0 Å². The Labute approximate surface area is 122 Å². The Morgan fingerprint density at radius 3 is 1.81 bits per heavy atom. The fraction of sp³-hybridized carbons (Fsp3) is 0.333. The number of pyridine rings is 2. The second-order valence-electron chi connectivity index (χ2n) is 4.79. The molecule has 0 fully saturated rings. The Hall–Kier alpha value is -1.92. The maximum Gasteiger partial charge on any atom is 0.141 e. The molecule has 0 aliphatic carbocycles. The third-order valence-electron chi connectivity index (χ3n) is 3.03. The number of halogens is 2. The van der Waals surface area contributed by atoms with Crippen LogP contribution in [0.4, 0.5) is 8.78 Å². The van der Waals surface area contributed by atoms with Crippen molar-refractivity contribution in [1.29, 1.82) is 0 Å². The highest BCUT2D eigenvalue weighted by molar-refractivity contribution is 5.07. The highest BCUT2D eigenvalue weighted by Crippen LogP contribution is 2.08. The number of aromatic nitrogens is 2. The van der Waals surface area contributed by atoms with E-state index in [1.807, 2.05) is 0 Å². The molecule has 0 bridgehead atoms. The van der Waals surface area contributed by atoms with Crippen molar-refractivity contribution < 1.29 is 8.78 Å². The van der Waals surface area contributed by atoms with Crippen LogP contribution in [0.25, 0.3) is 0 Å². The number of rotatable bonds is 7. The van der Waals surface area contributed by atoms with Gasteiger partial charge in [0.2, 0.25) is 0 Å². The van der Waals surface area contributed by atoms with Crippen LogP contribution in [0.1, 0.15) is 17.8 Å². The van der Waals surface area contributed by atoms with E-state index in [0.717, 1.165) is 24.4 Å². The average Bonchev–Trinajstić information content (AvgIpc) is 2.49. The summed E-state index contributed by atoms with van der Waals surface area (Å²) in [5, 5.41) is 0. The molecule has 6 heteroatoms. The molecular formula is C15H18F2N4. The van der Waals surface area contributed by atoms with Crippen molar-refractivity contribution in [3.63, 3.8) is 0 Å². The summed E-state index contributed by atoms with van der Waals surface area (Å²) in [7, 11) is 0. The first-order chi connectivity index (χ1) is 10.2. The molecule has 0 unspecified atom stereocenters. The molecule has 112 valence electrons. The summed E-state index contributed by atoms with van der Waals surface area (Å²) >= 11 is 0. The van der Waals surface area contributed by atoms with E-state index in [4.69, 9.17) is 5.73 Å². The van der Waals surface area contributed by atoms with E-state index in [0.29, 0.717) is 19.6 Å². The molecule has 0 radical (unpaired) electrons. The molecule has 0 saturated heterocycles. The Morgan fingerprint density at radius 2 is 1.43 bits per heavy atom. The Morgan fingerprint density at radius 1 is 0.905 bits per heavy atom. The summed E-state index contributed by atoms with van der Waals surface area (Å²) in [6.45, 7) is 2.50. The van der Waals surface area contributed by atoms with Crippen LogP contribution in [0.3, 0.4) is 0 Å². The maximum absolute atomic E-state index is 12.9. The lowest BCUT2D eigenvalue weighted by Gasteiger charge is -2.21. The molecule has 0 saturated carbocycles. The van der Waals surface area contributed by atoms with Crippen molar-refractivity contribution in [2.24, 2.45) is 5.73 Å². The zero-order chi connectivity index (χ0) is 15.1. The van der Waals surface area contributed by atoms with Gasteiger partial charge in [-0.05, 0) is 37.2 Å². The zero-order valence-electron chi connectivity index (χ0n) is 11.7. The minimum absolute atomic E-state index is 0.354. The molecular weight excluding hydrogens is 274 g/mol. The van der Waals surface area contributed by atoms with E-state index in [-0.39, 0.29) is 11.6 Å². The van der Waals surface area contributed by atoms with E-state index in [9.17, 15) is 8.78 Å². The highest BCUT2D eigenvalue weighted by Gasteiger charge is 2.09. The molecule has 2 heterocycles. The van der Waals surface area contributed by atoms with Crippen molar-refractivity contribution in [3.05, 3.63) is 59.7 Å². The van der Waals surface area contributed by atoms with Crippen LogP contribution in [0, 0.1) is 11.6 Å². The first-order valence-electron chi connectivity index (χ1n) is 6.80. The lowest BCUT2D eigenvalue weighted by molar-refractivity contribution is 0.248. The fourth-order valence-corrected chi connectivity index (χ4v) is 1.99. The van der Waals surface area contributed by atoms with E-state index in [1.54, 1.807) is 12.1 Å². The molecule has 0 aliphatic heterocycles. The van der Waals surface area contributed by atoms with Crippen LogP contribution in [0.2, 0.25) is 0 Å². The van der Waals surface area contributed by atoms with Crippen LogP contribution in [0.15, 0.2) is 36.7 Å². The minimum Gasteiger partial charge on any atom is -0.330 e. The first-order valence-corrected chi connectivity index (χ1v) is 6.80. The molecule has 0 aliphatic rings. The van der Waals surface area contributed by atoms with Gasteiger partial charge < -0.3 is 5.73 Å². The molecule has 0 amide bonds. The molecule has 21 heavy (non-hydrogen) atoms. The Bertz CT molecular complexity index is 495. The molecule has 0 aromatic carbocycles. The molecule has 4 nitrogen and oxygen atoms in total. The Kier molecular flexibility index (Phi) is 5.71. The predicted molar refractivity (Wildman–Crippen MR) is 76.2 cm³/mol. The quantitative estimate of drug-likeness (QED) is 0.849. The van der Waals surface area contributed by atoms with E-state index >= 15 is 0 Å². The van der Waals surface area contributed by atoms with Gasteiger partial charge in [-0.15, -0.1) is 0 Å². The molecule has 2 aromatic rings. The van der Waals surface area contributed by atoms with E-state index in [1.165, 1.54) is 24.5 Å². The van der Waals surface area contributed by atoms with Gasteiger partial charge in [-0.2, -0.15) is 0 Å². The minimum atomic E-state index is -0.354. The summed E-state index contributed by atoms with van der Waals surface area (Å²) in [5.74, 6) is -0.708. The van der Waals surface area contributed by atoms with Crippen LogP contribution in [-0.2, 0) is 13.1 Å². The molecule has 2 aromatic heterocycles. The van der Waals surface area contributed by atoms with Gasteiger partial charge in [0.05, 0.1) is 23.8 Å². The number of nitrogens with two attached hydrogens (primary N) is 1. The molecule has 2 rings (SSSR count). The van der Waals surface area contributed by atoms with Gasteiger partial charge in [0.1, 0.15) is 11.6 Å². The second kappa shape index (κ2) is 7.75. The van der Waals surface area contributed by atoms with E-state index in [2.05, 4.69) is 14.9 Å². The molecule has 0 spiro atoms. The first kappa shape index (κ1) is 15.5. The van der Waals surface area contributed by atoms with E-state index < -0.39 is 0 Å². The van der Waals surface area contributed by atoms with Crippen molar-refractivity contribution in [3.8, 4) is 0 Å². The molecule has 2 N–H and O–H groups in total. The van der Waals surface area contributed by atoms with Crippen LogP contribution in [0.5, 0.6) is 0 Å². The lowest BCUT2D eigenvalue weighted by atomic mass is 10.2. The average molecular weight is 292 g/mol. The second-order valence-corrected chi connectivity index (χ2v) is 4.79. The topological polar surface area (TPSA) is 55.0 Å². The summed E-state index contributed by atoms with van der Waals surface area (Å²) < 4.78 is 25.7. The predicted octanol–water partition coefficient (Wildman–Crippen LogP) is 2.11. The van der Waals surface area contributed by atoms with Gasteiger partial charge in [0.25, 0.3) is 0 Å². The molecule has 0 atom stereocenters. The van der Waals surface area contributed by atoms with Crippen LogP contribution in [-0.4, -0.2) is 28.0 Å². The summed E-state index contributed by atoms with van der Waals surface area (Å²) in [6, 6.07) is 6.09. The van der Waals surface area contributed by atoms with Crippen molar-refractivity contribution >= 4 is 0 Å². The third-order valence-corrected chi connectivity index (χ3v) is 3.03. The van der Waals surface area contributed by atoms with Gasteiger partial charge in [-0.25, -0.2) is 8.78 Å². The highest BCUT2D eigenvalue weighted by atomic mass is 19.1. The number of hydrogen-bond donors (Lipinski definition) is 1. The number of nitrogens with zero attached hydrogens (tertiary/aromatic N) is 3. The van der Waals surface area contributed by atoms with Gasteiger partial charge in [0, 0.05) is 19.6 Å². The zero-order valence-corrected chi connectivity index (χ0v) is 11.7. The largest absolute Gasteiger partial charge is 0.330 e. The van der Waals surface area contributed by atoms with Crippen molar-refractivity contribution in [1.82, 2.24) is 14.9 Å². The van der Waals surface area contributed by atoms with Crippen molar-refractivity contribution in [2.45, 2.75) is 19.5 Å². The lowest BCUT2D eigenvalue weighted by Crippen LogP contribution is -2.26. The van der Waals surface area contributed by atoms with Crippen LogP contribution < -0.4 is 5.73 Å². The van der Waals surface area contributed by atoms with Crippen molar-refractivity contribution in [2.75, 3.05) is 13.1 Å². The normalized spacial score (nSPS) is 11.0. The maximum atomic E-state index is 12.9. The van der Waals surface area contributed by atoms with Gasteiger partial charge >= 0.3 is 0 Å². The summed E-state index contributed by atoms with van der Waals surface area (Å²) in [5.41, 5.74) is 7.09. The summed E-state index contributed by atoms with van der Waals surface area (Å²) in [6.07, 6.45) is 3.24. The fourth-order valence-electron chi connectivity index (χ4n) is 1.99. The SMILES string of the molecule is NCCCN(Cc1ccc(F)cn1)Cc1ccc(F)cn1. The monoisotopic (exact) mass is 292 g/mol. The third kappa shape index (κ3) is 5.17. The van der Waals surface area contributed by atoms with Gasteiger partial charge in [-0.1, -0.05) is 0 Å².